The number of nitrogens with zero attached hydrogens (tertiary/aromatic N) is 2. The standard InChI is InChI=1S/C12H22N4O/c1-4-6-10(3)14-12(17)9-13-11-7-8-16(5-2)15-11/h7-8,10H,4-6,9H2,1-3H3,(H,13,15)(H,14,17). The van der Waals surface area contributed by atoms with Gasteiger partial charge < -0.3 is 10.6 Å². The van der Waals surface area contributed by atoms with E-state index in [1.165, 1.54) is 0 Å². The molecule has 0 aliphatic rings. The molecule has 1 atom stereocenters. The lowest BCUT2D eigenvalue weighted by molar-refractivity contribution is -0.120. The van der Waals surface area contributed by atoms with E-state index in [0.29, 0.717) is 0 Å². The topological polar surface area (TPSA) is 59.0 Å². The predicted molar refractivity (Wildman–Crippen MR) is 68.9 cm³/mol. The van der Waals surface area contributed by atoms with Crippen molar-refractivity contribution in [2.75, 3.05) is 11.9 Å². The summed E-state index contributed by atoms with van der Waals surface area (Å²) in [6.45, 7) is 7.26. The first-order valence-corrected chi connectivity index (χ1v) is 6.22. The first-order chi connectivity index (χ1) is 8.15. The van der Waals surface area contributed by atoms with Gasteiger partial charge in [-0.25, -0.2) is 0 Å². The first-order valence-electron chi connectivity index (χ1n) is 6.22. The third kappa shape index (κ3) is 4.89. The predicted octanol–water partition coefficient (Wildman–Crippen LogP) is 1.62. The van der Waals surface area contributed by atoms with E-state index < -0.39 is 0 Å². The van der Waals surface area contributed by atoms with Crippen LogP contribution in [-0.2, 0) is 11.3 Å². The molecule has 0 aliphatic carbocycles. The van der Waals surface area contributed by atoms with Gasteiger partial charge in [-0.1, -0.05) is 13.3 Å². The summed E-state index contributed by atoms with van der Waals surface area (Å²) in [7, 11) is 0. The number of nitrogens with one attached hydrogen (secondary N) is 2. The Morgan fingerprint density at radius 2 is 2.29 bits per heavy atom. The second kappa shape index (κ2) is 6.93. The molecular formula is C12H22N4O. The van der Waals surface area contributed by atoms with Crippen molar-refractivity contribution in [3.05, 3.63) is 12.3 Å². The lowest BCUT2D eigenvalue weighted by atomic mass is 10.2. The fourth-order valence-electron chi connectivity index (χ4n) is 1.63. The van der Waals surface area contributed by atoms with Crippen LogP contribution in [0.4, 0.5) is 5.82 Å². The lowest BCUT2D eigenvalue weighted by Crippen LogP contribution is -2.36. The Bertz CT molecular complexity index is 348. The largest absolute Gasteiger partial charge is 0.360 e. The van der Waals surface area contributed by atoms with Crippen LogP contribution in [0.25, 0.3) is 0 Å². The normalized spacial score (nSPS) is 12.2. The third-order valence-electron chi connectivity index (χ3n) is 2.52. The van der Waals surface area contributed by atoms with Crippen LogP contribution in [0.1, 0.15) is 33.6 Å². The number of aromatic nitrogens is 2. The highest BCUT2D eigenvalue weighted by atomic mass is 16.1. The summed E-state index contributed by atoms with van der Waals surface area (Å²) in [6, 6.07) is 2.11. The van der Waals surface area contributed by atoms with Crippen LogP contribution in [0.5, 0.6) is 0 Å². The number of carbonyl (C=O) groups is 1. The average molecular weight is 238 g/mol. The fourth-order valence-corrected chi connectivity index (χ4v) is 1.63. The molecule has 1 heterocycles. The van der Waals surface area contributed by atoms with Gasteiger partial charge in [0.05, 0.1) is 6.54 Å². The molecule has 0 aliphatic heterocycles. The minimum Gasteiger partial charge on any atom is -0.360 e. The van der Waals surface area contributed by atoms with Crippen LogP contribution >= 0.6 is 0 Å². The van der Waals surface area contributed by atoms with E-state index in [4.69, 9.17) is 0 Å². The second-order valence-corrected chi connectivity index (χ2v) is 4.17. The van der Waals surface area contributed by atoms with Gasteiger partial charge >= 0.3 is 0 Å². The minimum absolute atomic E-state index is 0.0111. The number of amides is 1. The molecule has 1 aromatic heterocycles. The van der Waals surface area contributed by atoms with E-state index in [1.807, 2.05) is 30.8 Å². The van der Waals surface area contributed by atoms with E-state index in [-0.39, 0.29) is 18.5 Å². The number of aryl methyl sites for hydroxylation is 1. The van der Waals surface area contributed by atoms with Crippen LogP contribution < -0.4 is 10.6 Å². The van der Waals surface area contributed by atoms with Crippen LogP contribution in [0.3, 0.4) is 0 Å². The van der Waals surface area contributed by atoms with Gasteiger partial charge in [0.15, 0.2) is 0 Å². The molecule has 2 N–H and O–H groups in total. The monoisotopic (exact) mass is 238 g/mol. The molecule has 0 fully saturated rings. The maximum Gasteiger partial charge on any atom is 0.239 e. The number of rotatable bonds is 7. The first kappa shape index (κ1) is 13.5. The van der Waals surface area contributed by atoms with Gasteiger partial charge in [-0.3, -0.25) is 9.48 Å². The Kier molecular flexibility index (Phi) is 5.52. The maximum absolute atomic E-state index is 11.6. The molecular weight excluding hydrogens is 216 g/mol. The van der Waals surface area contributed by atoms with Crippen LogP contribution in [0.2, 0.25) is 0 Å². The number of carbonyl (C=O) groups excluding carboxylic acids is 1. The highest BCUT2D eigenvalue weighted by molar-refractivity contribution is 5.80. The molecule has 96 valence electrons. The molecule has 17 heavy (non-hydrogen) atoms. The lowest BCUT2D eigenvalue weighted by Gasteiger charge is -2.12. The third-order valence-corrected chi connectivity index (χ3v) is 2.52. The van der Waals surface area contributed by atoms with Gasteiger partial charge in [0, 0.05) is 24.8 Å². The number of hydrogen-bond acceptors (Lipinski definition) is 3. The maximum atomic E-state index is 11.6. The van der Waals surface area contributed by atoms with Crippen molar-refractivity contribution in [2.24, 2.45) is 0 Å². The summed E-state index contributed by atoms with van der Waals surface area (Å²) in [5, 5.41) is 10.2. The van der Waals surface area contributed by atoms with E-state index in [2.05, 4.69) is 22.7 Å². The summed E-state index contributed by atoms with van der Waals surface area (Å²) < 4.78 is 1.82. The Morgan fingerprint density at radius 1 is 1.53 bits per heavy atom. The summed E-state index contributed by atoms with van der Waals surface area (Å²) in [5.74, 6) is 0.752. The van der Waals surface area contributed by atoms with Gasteiger partial charge in [0.25, 0.3) is 0 Å². The quantitative estimate of drug-likeness (QED) is 0.759. The van der Waals surface area contributed by atoms with Gasteiger partial charge in [-0.05, 0) is 20.3 Å². The molecule has 0 bridgehead atoms. The molecule has 0 spiro atoms. The van der Waals surface area contributed by atoms with Gasteiger partial charge in [0.1, 0.15) is 5.82 Å². The molecule has 1 aromatic rings. The Labute approximate surface area is 103 Å². The Morgan fingerprint density at radius 3 is 2.88 bits per heavy atom. The summed E-state index contributed by atoms with van der Waals surface area (Å²) in [4.78, 5) is 11.6. The van der Waals surface area contributed by atoms with E-state index in [1.54, 1.807) is 0 Å². The highest BCUT2D eigenvalue weighted by Crippen LogP contribution is 2.01. The van der Waals surface area contributed by atoms with Gasteiger partial charge in [-0.2, -0.15) is 5.10 Å². The van der Waals surface area contributed by atoms with Gasteiger partial charge in [0.2, 0.25) is 5.91 Å². The molecule has 0 saturated heterocycles. The fraction of sp³-hybridized carbons (Fsp3) is 0.667. The number of anilines is 1. The Hall–Kier alpha value is -1.52. The van der Waals surface area contributed by atoms with Crippen molar-refractivity contribution >= 4 is 11.7 Å². The smallest absolute Gasteiger partial charge is 0.239 e. The van der Waals surface area contributed by atoms with Gasteiger partial charge in [-0.15, -0.1) is 0 Å². The minimum atomic E-state index is 0.0111. The van der Waals surface area contributed by atoms with Crippen LogP contribution in [0.15, 0.2) is 12.3 Å². The summed E-state index contributed by atoms with van der Waals surface area (Å²) >= 11 is 0. The van der Waals surface area contributed by atoms with Crippen molar-refractivity contribution in [3.8, 4) is 0 Å². The molecule has 5 heteroatoms. The molecule has 0 aromatic carbocycles. The summed E-state index contributed by atoms with van der Waals surface area (Å²) in [6.07, 6.45) is 3.98. The average Bonchev–Trinajstić information content (AvgIpc) is 2.74. The zero-order valence-corrected chi connectivity index (χ0v) is 10.9. The zero-order valence-electron chi connectivity index (χ0n) is 10.9. The van der Waals surface area contributed by atoms with Crippen molar-refractivity contribution < 1.29 is 4.79 Å². The molecule has 1 rings (SSSR count). The molecule has 0 radical (unpaired) electrons. The Balaban J connectivity index is 2.27. The zero-order chi connectivity index (χ0) is 12.7. The SMILES string of the molecule is CCCC(C)NC(=O)CNc1ccn(CC)n1. The molecule has 1 amide bonds. The number of hydrogen-bond donors (Lipinski definition) is 2. The molecule has 1 unspecified atom stereocenters. The van der Waals surface area contributed by atoms with E-state index >= 15 is 0 Å². The van der Waals surface area contributed by atoms with Crippen LogP contribution in [-0.4, -0.2) is 28.3 Å². The molecule has 0 saturated carbocycles. The van der Waals surface area contributed by atoms with Crippen molar-refractivity contribution in [1.82, 2.24) is 15.1 Å². The van der Waals surface area contributed by atoms with E-state index in [9.17, 15) is 4.79 Å². The van der Waals surface area contributed by atoms with Crippen molar-refractivity contribution in [1.29, 1.82) is 0 Å². The van der Waals surface area contributed by atoms with Crippen molar-refractivity contribution in [3.63, 3.8) is 0 Å². The highest BCUT2D eigenvalue weighted by Gasteiger charge is 2.06. The summed E-state index contributed by atoms with van der Waals surface area (Å²) in [5.41, 5.74) is 0. The molecule has 5 nitrogen and oxygen atoms in total. The van der Waals surface area contributed by atoms with E-state index in [0.717, 1.165) is 25.2 Å². The van der Waals surface area contributed by atoms with Crippen molar-refractivity contribution in [2.45, 2.75) is 46.2 Å². The second-order valence-electron chi connectivity index (χ2n) is 4.17. The van der Waals surface area contributed by atoms with Crippen LogP contribution in [0, 0.1) is 0 Å².